The van der Waals surface area contributed by atoms with Crippen molar-refractivity contribution < 1.29 is 4.79 Å². The fourth-order valence-corrected chi connectivity index (χ4v) is 3.60. The Morgan fingerprint density at radius 3 is 2.67 bits per heavy atom. The van der Waals surface area contributed by atoms with Gasteiger partial charge in [0.25, 0.3) is 0 Å². The van der Waals surface area contributed by atoms with Gasteiger partial charge in [-0.3, -0.25) is 4.79 Å². The first-order valence-electron chi connectivity index (χ1n) is 6.65. The molecule has 0 saturated carbocycles. The summed E-state index contributed by atoms with van der Waals surface area (Å²) in [5.41, 5.74) is 1.23. The molecule has 2 nitrogen and oxygen atoms in total. The van der Waals surface area contributed by atoms with Crippen LogP contribution in [0.5, 0.6) is 0 Å². The lowest BCUT2D eigenvalue weighted by Crippen LogP contribution is -2.26. The van der Waals surface area contributed by atoms with E-state index in [1.165, 1.54) is 5.56 Å². The summed E-state index contributed by atoms with van der Waals surface area (Å²) in [5.74, 6) is 1.17. The molecule has 1 saturated heterocycles. The number of hydrogen-bond donors (Lipinski definition) is 0. The van der Waals surface area contributed by atoms with E-state index in [9.17, 15) is 4.79 Å². The summed E-state index contributed by atoms with van der Waals surface area (Å²) in [6.45, 7) is 3.87. The van der Waals surface area contributed by atoms with Gasteiger partial charge >= 0.3 is 0 Å². The number of carbonyl (C=O) groups is 1. The molecular weight excluding hydrogens is 337 g/mol. The minimum atomic E-state index is 0.260. The zero-order valence-corrected chi connectivity index (χ0v) is 13.0. The van der Waals surface area contributed by atoms with Gasteiger partial charge in [-0.2, -0.15) is 0 Å². The molecule has 0 radical (unpaired) electrons. The number of nitrogens with zero attached hydrogens (tertiary/aromatic N) is 1. The van der Waals surface area contributed by atoms with Crippen LogP contribution in [0.2, 0.25) is 0 Å². The number of carbonyl (C=O) groups excluding carboxylic acids is 1. The first-order chi connectivity index (χ1) is 8.76. The van der Waals surface area contributed by atoms with Crippen LogP contribution in [0.25, 0.3) is 0 Å². The number of halogens is 1. The van der Waals surface area contributed by atoms with Gasteiger partial charge in [0, 0.05) is 23.4 Å². The molecule has 0 aliphatic carbocycles. The molecule has 1 aliphatic heterocycles. The molecule has 2 atom stereocenters. The number of hydrogen-bond acceptors (Lipinski definition) is 1. The lowest BCUT2D eigenvalue weighted by atomic mass is 9.93. The van der Waals surface area contributed by atoms with Gasteiger partial charge in [0.15, 0.2) is 0 Å². The monoisotopic (exact) mass is 357 g/mol. The van der Waals surface area contributed by atoms with E-state index in [4.69, 9.17) is 0 Å². The number of benzene rings is 1. The lowest BCUT2D eigenvalue weighted by molar-refractivity contribution is -0.131. The van der Waals surface area contributed by atoms with E-state index in [2.05, 4.69) is 41.6 Å². The molecule has 0 bridgehead atoms. The first-order valence-corrected chi connectivity index (χ1v) is 8.17. The van der Waals surface area contributed by atoms with E-state index in [1.54, 1.807) is 0 Å². The van der Waals surface area contributed by atoms with E-state index in [-0.39, 0.29) is 5.92 Å². The molecule has 0 aromatic heterocycles. The number of amides is 1. The van der Waals surface area contributed by atoms with Gasteiger partial charge in [0.1, 0.15) is 0 Å². The predicted octanol–water partition coefficient (Wildman–Crippen LogP) is 3.50. The van der Waals surface area contributed by atoms with Crippen LogP contribution in [0.15, 0.2) is 30.3 Å². The number of alkyl halides is 1. The van der Waals surface area contributed by atoms with Crippen LogP contribution in [-0.2, 0) is 11.3 Å². The summed E-state index contributed by atoms with van der Waals surface area (Å²) >= 11 is 2.42. The maximum Gasteiger partial charge on any atom is 0.226 e. The molecule has 3 heteroatoms. The topological polar surface area (TPSA) is 20.3 Å². The van der Waals surface area contributed by atoms with Crippen molar-refractivity contribution in [3.05, 3.63) is 35.9 Å². The SMILES string of the molecule is CCC[C@H]1C(=O)N(Cc2ccccc2)C[C@H]1CI. The fourth-order valence-electron chi connectivity index (χ4n) is 2.71. The van der Waals surface area contributed by atoms with Gasteiger partial charge in [-0.25, -0.2) is 0 Å². The number of likely N-dealkylation sites (tertiary alicyclic amines) is 1. The number of rotatable bonds is 5. The van der Waals surface area contributed by atoms with Crippen molar-refractivity contribution in [2.45, 2.75) is 26.3 Å². The summed E-state index contributed by atoms with van der Waals surface area (Å²) in [6, 6.07) is 10.3. The second-order valence-corrected chi connectivity index (χ2v) is 5.89. The van der Waals surface area contributed by atoms with Gasteiger partial charge in [-0.05, 0) is 17.9 Å². The van der Waals surface area contributed by atoms with Crippen LogP contribution >= 0.6 is 22.6 Å². The van der Waals surface area contributed by atoms with E-state index in [1.807, 2.05) is 23.1 Å². The molecule has 1 aromatic carbocycles. The van der Waals surface area contributed by atoms with Crippen molar-refractivity contribution in [1.29, 1.82) is 0 Å². The third-order valence-corrected chi connectivity index (χ3v) is 4.80. The minimum Gasteiger partial charge on any atom is -0.338 e. The molecule has 18 heavy (non-hydrogen) atoms. The van der Waals surface area contributed by atoms with Crippen molar-refractivity contribution in [1.82, 2.24) is 4.90 Å². The van der Waals surface area contributed by atoms with Crippen LogP contribution in [0.3, 0.4) is 0 Å². The maximum atomic E-state index is 12.4. The Hall–Kier alpha value is -0.580. The normalized spacial score (nSPS) is 23.7. The lowest BCUT2D eigenvalue weighted by Gasteiger charge is -2.16. The first kappa shape index (κ1) is 13.8. The smallest absolute Gasteiger partial charge is 0.226 e. The summed E-state index contributed by atoms with van der Waals surface area (Å²) in [7, 11) is 0. The Kier molecular flexibility index (Phi) is 5.03. The van der Waals surface area contributed by atoms with Crippen molar-refractivity contribution in [2.75, 3.05) is 11.0 Å². The quantitative estimate of drug-likeness (QED) is 0.584. The highest BCUT2D eigenvalue weighted by atomic mass is 127. The van der Waals surface area contributed by atoms with Crippen molar-refractivity contribution >= 4 is 28.5 Å². The molecule has 0 N–H and O–H groups in total. The zero-order chi connectivity index (χ0) is 13.0. The van der Waals surface area contributed by atoms with Gasteiger partial charge in [-0.15, -0.1) is 0 Å². The van der Waals surface area contributed by atoms with Gasteiger partial charge in [0.05, 0.1) is 0 Å². The van der Waals surface area contributed by atoms with Crippen molar-refractivity contribution in [2.24, 2.45) is 11.8 Å². The standard InChI is InChI=1S/C15H20INO/c1-2-6-14-13(9-16)11-17(15(14)18)10-12-7-4-3-5-8-12/h3-5,7-8,13-14H,2,6,9-11H2,1H3/t13-,14-/m1/s1. The third-order valence-electron chi connectivity index (χ3n) is 3.67. The molecule has 0 spiro atoms. The molecule has 98 valence electrons. The molecule has 1 amide bonds. The van der Waals surface area contributed by atoms with E-state index in [0.717, 1.165) is 30.4 Å². The van der Waals surface area contributed by atoms with Gasteiger partial charge in [-0.1, -0.05) is 66.3 Å². The van der Waals surface area contributed by atoms with Gasteiger partial charge in [0.2, 0.25) is 5.91 Å². The van der Waals surface area contributed by atoms with E-state index < -0.39 is 0 Å². The summed E-state index contributed by atoms with van der Waals surface area (Å²) in [6.07, 6.45) is 2.14. The van der Waals surface area contributed by atoms with Crippen LogP contribution in [-0.4, -0.2) is 21.8 Å². The Labute approximate surface area is 123 Å². The molecule has 2 rings (SSSR count). The van der Waals surface area contributed by atoms with Crippen molar-refractivity contribution in [3.8, 4) is 0 Å². The Balaban J connectivity index is 2.04. The largest absolute Gasteiger partial charge is 0.338 e. The summed E-state index contributed by atoms with van der Waals surface area (Å²) < 4.78 is 1.08. The minimum absolute atomic E-state index is 0.260. The average molecular weight is 357 g/mol. The average Bonchev–Trinajstić information content (AvgIpc) is 2.69. The fraction of sp³-hybridized carbons (Fsp3) is 0.533. The van der Waals surface area contributed by atoms with Crippen molar-refractivity contribution in [3.63, 3.8) is 0 Å². The molecule has 1 heterocycles. The van der Waals surface area contributed by atoms with Gasteiger partial charge < -0.3 is 4.90 Å². The van der Waals surface area contributed by atoms with Crippen LogP contribution in [0, 0.1) is 11.8 Å². The molecular formula is C15H20INO. The molecule has 0 unspecified atom stereocenters. The highest BCUT2D eigenvalue weighted by Gasteiger charge is 2.38. The highest BCUT2D eigenvalue weighted by Crippen LogP contribution is 2.31. The maximum absolute atomic E-state index is 12.4. The summed E-state index contributed by atoms with van der Waals surface area (Å²) in [5, 5.41) is 0. The molecule has 1 fully saturated rings. The predicted molar refractivity (Wildman–Crippen MR) is 82.6 cm³/mol. The Morgan fingerprint density at radius 2 is 2.06 bits per heavy atom. The Morgan fingerprint density at radius 1 is 1.33 bits per heavy atom. The van der Waals surface area contributed by atoms with Crippen LogP contribution in [0.4, 0.5) is 0 Å². The van der Waals surface area contributed by atoms with Crippen LogP contribution in [0.1, 0.15) is 25.3 Å². The summed E-state index contributed by atoms with van der Waals surface area (Å²) in [4.78, 5) is 14.4. The molecule has 1 aromatic rings. The zero-order valence-electron chi connectivity index (χ0n) is 10.8. The highest BCUT2D eigenvalue weighted by molar-refractivity contribution is 14.1. The second kappa shape index (κ2) is 6.55. The third kappa shape index (κ3) is 3.05. The van der Waals surface area contributed by atoms with Crippen LogP contribution < -0.4 is 0 Å². The van der Waals surface area contributed by atoms with E-state index in [0.29, 0.717) is 11.8 Å². The Bertz CT molecular complexity index is 393. The van der Waals surface area contributed by atoms with E-state index >= 15 is 0 Å². The second-order valence-electron chi connectivity index (χ2n) is 5.01. The molecule has 1 aliphatic rings.